The molecule has 7 heteroatoms. The number of likely N-dealkylation sites (N-methyl/N-ethyl adjacent to an activating group) is 1. The number of pyridine rings is 1. The van der Waals surface area contributed by atoms with Crippen molar-refractivity contribution >= 4 is 23.3 Å². The lowest BCUT2D eigenvalue weighted by Crippen LogP contribution is -2.32. The lowest BCUT2D eigenvalue weighted by atomic mass is 10.2. The maximum atomic E-state index is 8.75. The number of hydrogen-bond acceptors (Lipinski definition) is 5. The summed E-state index contributed by atoms with van der Waals surface area (Å²) in [5.41, 5.74) is 6.09. The van der Waals surface area contributed by atoms with Crippen LogP contribution in [-0.2, 0) is 0 Å². The largest absolute Gasteiger partial charge is 0.409 e. The van der Waals surface area contributed by atoms with Gasteiger partial charge in [-0.1, -0.05) is 16.8 Å². The monoisotopic (exact) mass is 297 g/mol. The maximum Gasteiger partial charge on any atom is 0.171 e. The van der Waals surface area contributed by atoms with Gasteiger partial charge in [0.1, 0.15) is 5.82 Å². The van der Waals surface area contributed by atoms with E-state index in [0.717, 1.165) is 13.1 Å². The molecule has 1 aromatic heterocycles. The first-order valence-corrected chi connectivity index (χ1v) is 7.07. The molecule has 1 aromatic rings. The van der Waals surface area contributed by atoms with Crippen molar-refractivity contribution in [3.05, 3.63) is 22.8 Å². The fourth-order valence-corrected chi connectivity index (χ4v) is 2.71. The van der Waals surface area contributed by atoms with Gasteiger partial charge in [-0.3, -0.25) is 0 Å². The standard InChI is InChI=1S/C13H20ClN5O/c1-18(8-9-19-6-2-3-7-19)13-11(14)10(4-5-16-13)12(15)17-20/h4-5,20H,2-3,6-9H2,1H3,(H2,15,17). The molecule has 1 saturated heterocycles. The third-order valence-corrected chi connectivity index (χ3v) is 3.94. The van der Waals surface area contributed by atoms with Crippen LogP contribution in [0.3, 0.4) is 0 Å². The molecule has 0 saturated carbocycles. The van der Waals surface area contributed by atoms with Crippen LogP contribution in [0.4, 0.5) is 5.82 Å². The average molecular weight is 298 g/mol. The summed E-state index contributed by atoms with van der Waals surface area (Å²) in [6.45, 7) is 4.16. The van der Waals surface area contributed by atoms with Crippen molar-refractivity contribution in [1.29, 1.82) is 0 Å². The molecule has 6 nitrogen and oxygen atoms in total. The van der Waals surface area contributed by atoms with Gasteiger partial charge in [0.25, 0.3) is 0 Å². The van der Waals surface area contributed by atoms with E-state index in [1.165, 1.54) is 25.9 Å². The van der Waals surface area contributed by atoms with E-state index < -0.39 is 0 Å². The molecule has 2 heterocycles. The lowest BCUT2D eigenvalue weighted by Gasteiger charge is -2.23. The summed E-state index contributed by atoms with van der Waals surface area (Å²) in [5.74, 6) is 0.640. The Morgan fingerprint density at radius 2 is 2.25 bits per heavy atom. The molecular formula is C13H20ClN5O. The van der Waals surface area contributed by atoms with Gasteiger partial charge in [-0.25, -0.2) is 4.98 Å². The van der Waals surface area contributed by atoms with Gasteiger partial charge >= 0.3 is 0 Å². The van der Waals surface area contributed by atoms with Gasteiger partial charge in [-0.2, -0.15) is 0 Å². The van der Waals surface area contributed by atoms with Crippen molar-refractivity contribution in [2.75, 3.05) is 38.1 Å². The zero-order chi connectivity index (χ0) is 14.5. The predicted molar refractivity (Wildman–Crippen MR) is 80.7 cm³/mol. The lowest BCUT2D eigenvalue weighted by molar-refractivity contribution is 0.318. The Balaban J connectivity index is 2.07. The van der Waals surface area contributed by atoms with E-state index in [-0.39, 0.29) is 5.84 Å². The second-order valence-electron chi connectivity index (χ2n) is 4.95. The zero-order valence-corrected chi connectivity index (χ0v) is 12.3. The Labute approximate surface area is 123 Å². The summed E-state index contributed by atoms with van der Waals surface area (Å²) in [4.78, 5) is 8.71. The van der Waals surface area contributed by atoms with Crippen LogP contribution < -0.4 is 10.6 Å². The summed E-state index contributed by atoms with van der Waals surface area (Å²) in [6, 6.07) is 1.63. The van der Waals surface area contributed by atoms with Gasteiger partial charge in [0, 0.05) is 31.9 Å². The minimum absolute atomic E-state index is 0.00778. The van der Waals surface area contributed by atoms with Crippen LogP contribution in [0.5, 0.6) is 0 Å². The van der Waals surface area contributed by atoms with Crippen molar-refractivity contribution in [2.24, 2.45) is 10.9 Å². The molecule has 0 amide bonds. The summed E-state index contributed by atoms with van der Waals surface area (Å²) in [5, 5.41) is 12.1. The number of nitrogens with two attached hydrogens (primary N) is 1. The quantitative estimate of drug-likeness (QED) is 0.371. The molecule has 0 bridgehead atoms. The minimum Gasteiger partial charge on any atom is -0.409 e. The second kappa shape index (κ2) is 6.76. The number of nitrogens with zero attached hydrogens (tertiary/aromatic N) is 4. The van der Waals surface area contributed by atoms with Gasteiger partial charge < -0.3 is 20.7 Å². The summed E-state index contributed by atoms with van der Waals surface area (Å²) < 4.78 is 0. The third-order valence-electron chi connectivity index (χ3n) is 3.57. The van der Waals surface area contributed by atoms with Crippen molar-refractivity contribution in [3.63, 3.8) is 0 Å². The number of aromatic nitrogens is 1. The Bertz CT molecular complexity index is 488. The number of hydrogen-bond donors (Lipinski definition) is 2. The maximum absolute atomic E-state index is 8.75. The molecule has 3 N–H and O–H groups in total. The topological polar surface area (TPSA) is 78.0 Å². The molecule has 0 atom stereocenters. The van der Waals surface area contributed by atoms with E-state index in [1.54, 1.807) is 12.3 Å². The highest BCUT2D eigenvalue weighted by molar-refractivity contribution is 6.36. The fraction of sp³-hybridized carbons (Fsp3) is 0.538. The van der Waals surface area contributed by atoms with Crippen LogP contribution in [0.2, 0.25) is 5.02 Å². The smallest absolute Gasteiger partial charge is 0.171 e. The molecule has 0 aromatic carbocycles. The predicted octanol–water partition coefficient (Wildman–Crippen LogP) is 1.36. The Morgan fingerprint density at radius 1 is 1.55 bits per heavy atom. The molecule has 20 heavy (non-hydrogen) atoms. The van der Waals surface area contributed by atoms with Crippen molar-refractivity contribution in [1.82, 2.24) is 9.88 Å². The summed E-state index contributed by atoms with van der Waals surface area (Å²) in [7, 11) is 1.94. The number of amidine groups is 1. The zero-order valence-electron chi connectivity index (χ0n) is 11.6. The molecule has 0 aliphatic carbocycles. The van der Waals surface area contributed by atoms with Crippen LogP contribution in [0, 0.1) is 0 Å². The van der Waals surface area contributed by atoms with E-state index in [0.29, 0.717) is 16.4 Å². The van der Waals surface area contributed by atoms with E-state index in [1.807, 2.05) is 11.9 Å². The molecular weight excluding hydrogens is 278 g/mol. The first-order valence-electron chi connectivity index (χ1n) is 6.69. The number of anilines is 1. The molecule has 1 fully saturated rings. The first-order chi connectivity index (χ1) is 9.63. The van der Waals surface area contributed by atoms with E-state index in [9.17, 15) is 0 Å². The van der Waals surface area contributed by atoms with Crippen LogP contribution in [0.1, 0.15) is 18.4 Å². The number of oxime groups is 1. The minimum atomic E-state index is -0.00778. The third kappa shape index (κ3) is 3.32. The summed E-state index contributed by atoms with van der Waals surface area (Å²) >= 11 is 6.28. The van der Waals surface area contributed by atoms with Crippen molar-refractivity contribution < 1.29 is 5.21 Å². The Kier molecular flexibility index (Phi) is 5.03. The van der Waals surface area contributed by atoms with E-state index in [2.05, 4.69) is 15.0 Å². The second-order valence-corrected chi connectivity index (χ2v) is 5.33. The van der Waals surface area contributed by atoms with Crippen LogP contribution in [0.15, 0.2) is 17.4 Å². The van der Waals surface area contributed by atoms with E-state index in [4.69, 9.17) is 22.5 Å². The molecule has 0 spiro atoms. The van der Waals surface area contributed by atoms with Gasteiger partial charge in [-0.05, 0) is 32.0 Å². The van der Waals surface area contributed by atoms with Gasteiger partial charge in [0.15, 0.2) is 5.84 Å². The normalized spacial score (nSPS) is 16.6. The van der Waals surface area contributed by atoms with Crippen molar-refractivity contribution in [2.45, 2.75) is 12.8 Å². The van der Waals surface area contributed by atoms with Crippen LogP contribution in [-0.4, -0.2) is 54.2 Å². The van der Waals surface area contributed by atoms with Crippen LogP contribution in [0.25, 0.3) is 0 Å². The molecule has 0 unspecified atom stereocenters. The van der Waals surface area contributed by atoms with Gasteiger partial charge in [0.2, 0.25) is 0 Å². The first kappa shape index (κ1) is 14.9. The highest BCUT2D eigenvalue weighted by Gasteiger charge is 2.16. The van der Waals surface area contributed by atoms with E-state index >= 15 is 0 Å². The average Bonchev–Trinajstić information content (AvgIpc) is 2.97. The molecule has 1 aliphatic rings. The van der Waals surface area contributed by atoms with Gasteiger partial charge in [0.05, 0.1) is 5.02 Å². The number of rotatable bonds is 5. The summed E-state index contributed by atoms with van der Waals surface area (Å²) in [6.07, 6.45) is 4.17. The molecule has 0 radical (unpaired) electrons. The highest BCUT2D eigenvalue weighted by atomic mass is 35.5. The fourth-order valence-electron chi connectivity index (χ4n) is 2.35. The van der Waals surface area contributed by atoms with Gasteiger partial charge in [-0.15, -0.1) is 0 Å². The van der Waals surface area contributed by atoms with Crippen molar-refractivity contribution in [3.8, 4) is 0 Å². The Hall–Kier alpha value is -1.53. The number of halogens is 1. The Morgan fingerprint density at radius 3 is 2.90 bits per heavy atom. The van der Waals surface area contributed by atoms with Crippen LogP contribution >= 0.6 is 11.6 Å². The molecule has 1 aliphatic heterocycles. The highest BCUT2D eigenvalue weighted by Crippen LogP contribution is 2.26. The SMILES string of the molecule is CN(CCN1CCCC1)c1nccc(/C(N)=N/O)c1Cl. The molecule has 110 valence electrons. The molecule has 2 rings (SSSR count). The number of likely N-dealkylation sites (tertiary alicyclic amines) is 1.